The van der Waals surface area contributed by atoms with Crippen molar-refractivity contribution < 1.29 is 0 Å². The Balaban J connectivity index is 1.37. The summed E-state index contributed by atoms with van der Waals surface area (Å²) in [6.45, 7) is 9.33. The summed E-state index contributed by atoms with van der Waals surface area (Å²) in [6, 6.07) is 9.71. The second-order valence-electron chi connectivity index (χ2n) is 11.7. The van der Waals surface area contributed by atoms with Gasteiger partial charge >= 0.3 is 0 Å². The average Bonchev–Trinajstić information content (AvgIpc) is 3.69. The van der Waals surface area contributed by atoms with Crippen LogP contribution in [0.5, 0.6) is 0 Å². The lowest BCUT2D eigenvalue weighted by atomic mass is 9.98. The molecule has 0 atom stereocenters. The lowest BCUT2D eigenvalue weighted by molar-refractivity contribution is 0.527. The Labute approximate surface area is 245 Å². The molecule has 4 aromatic heterocycles. The molecule has 0 saturated carbocycles. The summed E-state index contributed by atoms with van der Waals surface area (Å²) in [5.74, 6) is 1.65. The van der Waals surface area contributed by atoms with E-state index in [2.05, 4.69) is 73.5 Å². The van der Waals surface area contributed by atoms with Gasteiger partial charge in [-0.2, -0.15) is 0 Å². The second kappa shape index (κ2) is 13.3. The van der Waals surface area contributed by atoms with Crippen LogP contribution in [0.4, 0.5) is 0 Å². The molecule has 5 rings (SSSR count). The molecule has 202 valence electrons. The zero-order valence-electron chi connectivity index (χ0n) is 23.5. The van der Waals surface area contributed by atoms with Gasteiger partial charge in [-0.25, -0.2) is 0 Å². The standard InChI is InChI=1S/C34H42S4/c1-23(2)11-7-5-9-13-25-19-29(37-21-25)31-27-15-17-36-34(27)32(28-16-18-35-33(28)31)30-20-26(22-38-30)14-10-6-8-12-24(3)4/h15-24H,5-14H2,1-4H3. The highest BCUT2D eigenvalue weighted by atomic mass is 32.1. The first kappa shape index (κ1) is 28.1. The van der Waals surface area contributed by atoms with Crippen LogP contribution in [-0.4, -0.2) is 0 Å². The summed E-state index contributed by atoms with van der Waals surface area (Å²) < 4.78 is 2.92. The maximum atomic E-state index is 2.49. The molecule has 0 unspecified atom stereocenters. The smallest absolute Gasteiger partial charge is 0.0442 e. The van der Waals surface area contributed by atoms with Crippen LogP contribution in [0.2, 0.25) is 0 Å². The van der Waals surface area contributed by atoms with Gasteiger partial charge in [0.25, 0.3) is 0 Å². The van der Waals surface area contributed by atoms with Gasteiger partial charge in [0.1, 0.15) is 0 Å². The molecule has 1 aromatic carbocycles. The maximum Gasteiger partial charge on any atom is 0.0442 e. The van der Waals surface area contributed by atoms with Gasteiger partial charge in [-0.3, -0.25) is 0 Å². The van der Waals surface area contributed by atoms with E-state index in [-0.39, 0.29) is 0 Å². The molecule has 38 heavy (non-hydrogen) atoms. The van der Waals surface area contributed by atoms with Crippen LogP contribution in [0.15, 0.2) is 45.8 Å². The zero-order valence-corrected chi connectivity index (χ0v) is 26.7. The van der Waals surface area contributed by atoms with E-state index < -0.39 is 0 Å². The number of hydrogen-bond acceptors (Lipinski definition) is 4. The van der Waals surface area contributed by atoms with Crippen LogP contribution < -0.4 is 0 Å². The van der Waals surface area contributed by atoms with E-state index in [0.29, 0.717) is 0 Å². The summed E-state index contributed by atoms with van der Waals surface area (Å²) in [5, 5.41) is 12.3. The van der Waals surface area contributed by atoms with E-state index in [1.165, 1.54) is 116 Å². The molecular formula is C34H42S4. The van der Waals surface area contributed by atoms with Crippen molar-refractivity contribution in [2.45, 2.75) is 91.9 Å². The minimum absolute atomic E-state index is 0.826. The van der Waals surface area contributed by atoms with E-state index in [9.17, 15) is 0 Å². The predicted molar refractivity (Wildman–Crippen MR) is 178 cm³/mol. The van der Waals surface area contributed by atoms with Crippen molar-refractivity contribution in [3.63, 3.8) is 0 Å². The first-order valence-corrected chi connectivity index (χ1v) is 18.1. The molecule has 0 fully saturated rings. The highest BCUT2D eigenvalue weighted by Crippen LogP contribution is 2.49. The second-order valence-corrected chi connectivity index (χ2v) is 15.4. The zero-order chi connectivity index (χ0) is 26.5. The number of rotatable bonds is 14. The number of benzene rings is 1. The maximum absolute atomic E-state index is 2.49. The molecule has 0 nitrogen and oxygen atoms in total. The number of fused-ring (bicyclic) bond motifs is 2. The third-order valence-corrected chi connectivity index (χ3v) is 11.5. The monoisotopic (exact) mass is 578 g/mol. The first-order valence-electron chi connectivity index (χ1n) is 14.6. The fourth-order valence-corrected chi connectivity index (χ4v) is 9.63. The minimum Gasteiger partial charge on any atom is -0.143 e. The SMILES string of the molecule is CC(C)CCCCCc1csc(-c2c3ccsc3c(-c3cc(CCCCCC(C)C)cs3)c3ccsc23)c1. The number of unbranched alkanes of at least 4 members (excludes halogenated alkanes) is 4. The molecule has 0 aliphatic rings. The summed E-state index contributed by atoms with van der Waals surface area (Å²) >= 11 is 7.72. The lowest BCUT2D eigenvalue weighted by Gasteiger charge is -2.09. The van der Waals surface area contributed by atoms with Gasteiger partial charge in [-0.05, 0) is 94.4 Å². The van der Waals surface area contributed by atoms with Crippen LogP contribution in [0.3, 0.4) is 0 Å². The fourth-order valence-electron chi connectivity index (χ4n) is 5.53. The highest BCUT2D eigenvalue weighted by molar-refractivity contribution is 7.22. The summed E-state index contributed by atoms with van der Waals surface area (Å²) in [7, 11) is 0. The number of aryl methyl sites for hydroxylation is 2. The van der Waals surface area contributed by atoms with Crippen molar-refractivity contribution >= 4 is 65.5 Å². The quantitative estimate of drug-likeness (QED) is 0.115. The fraction of sp³-hybridized carbons (Fsp3) is 0.471. The Morgan fingerprint density at radius 3 is 1.42 bits per heavy atom. The van der Waals surface area contributed by atoms with Crippen molar-refractivity contribution in [3.8, 4) is 20.9 Å². The normalized spacial score (nSPS) is 12.2. The van der Waals surface area contributed by atoms with Crippen molar-refractivity contribution in [1.29, 1.82) is 0 Å². The number of thiophene rings is 4. The van der Waals surface area contributed by atoms with Gasteiger partial charge in [0, 0.05) is 41.1 Å². The summed E-state index contributed by atoms with van der Waals surface area (Å²) in [6.07, 6.45) is 13.2. The van der Waals surface area contributed by atoms with E-state index in [1.54, 1.807) is 0 Å². The molecule has 0 spiro atoms. The summed E-state index contributed by atoms with van der Waals surface area (Å²) in [5.41, 5.74) is 5.96. The van der Waals surface area contributed by atoms with Gasteiger partial charge < -0.3 is 0 Å². The molecule has 0 saturated heterocycles. The van der Waals surface area contributed by atoms with E-state index in [0.717, 1.165) is 11.8 Å². The number of hydrogen-bond donors (Lipinski definition) is 0. The predicted octanol–water partition coefficient (Wildman–Crippen LogP) is 13.1. The van der Waals surface area contributed by atoms with E-state index in [4.69, 9.17) is 0 Å². The van der Waals surface area contributed by atoms with Gasteiger partial charge in [-0.15, -0.1) is 45.3 Å². The highest BCUT2D eigenvalue weighted by Gasteiger charge is 2.20. The molecule has 4 heterocycles. The molecule has 0 bridgehead atoms. The Morgan fingerprint density at radius 1 is 0.553 bits per heavy atom. The van der Waals surface area contributed by atoms with Crippen molar-refractivity contribution in [1.82, 2.24) is 0 Å². The Kier molecular flexibility index (Phi) is 9.80. The molecule has 5 aromatic rings. The van der Waals surface area contributed by atoms with Crippen molar-refractivity contribution in [3.05, 3.63) is 56.9 Å². The molecule has 0 radical (unpaired) electrons. The molecule has 0 N–H and O–H groups in total. The van der Waals surface area contributed by atoms with Gasteiger partial charge in [-0.1, -0.05) is 66.2 Å². The largest absolute Gasteiger partial charge is 0.143 e. The third-order valence-electron chi connectivity index (χ3n) is 7.62. The first-order chi connectivity index (χ1) is 18.5. The van der Waals surface area contributed by atoms with Crippen LogP contribution >= 0.6 is 45.3 Å². The van der Waals surface area contributed by atoms with E-state index in [1.807, 2.05) is 45.3 Å². The Morgan fingerprint density at radius 2 is 1.00 bits per heavy atom. The Hall–Kier alpha value is -1.46. The van der Waals surface area contributed by atoms with Crippen molar-refractivity contribution in [2.75, 3.05) is 0 Å². The van der Waals surface area contributed by atoms with Gasteiger partial charge in [0.15, 0.2) is 0 Å². The van der Waals surface area contributed by atoms with Crippen LogP contribution in [0, 0.1) is 11.8 Å². The molecular weight excluding hydrogens is 537 g/mol. The molecule has 0 aliphatic heterocycles. The Bertz CT molecular complexity index is 1280. The topological polar surface area (TPSA) is 0 Å². The van der Waals surface area contributed by atoms with Crippen molar-refractivity contribution in [2.24, 2.45) is 11.8 Å². The molecule has 0 amide bonds. The minimum atomic E-state index is 0.826. The van der Waals surface area contributed by atoms with Crippen LogP contribution in [0.1, 0.15) is 90.2 Å². The van der Waals surface area contributed by atoms with Gasteiger partial charge in [0.2, 0.25) is 0 Å². The van der Waals surface area contributed by atoms with Crippen LogP contribution in [0.25, 0.3) is 41.1 Å². The molecule has 4 heteroatoms. The summed E-state index contributed by atoms with van der Waals surface area (Å²) in [4.78, 5) is 2.88. The average molecular weight is 579 g/mol. The van der Waals surface area contributed by atoms with Gasteiger partial charge in [0.05, 0.1) is 0 Å². The van der Waals surface area contributed by atoms with Crippen LogP contribution in [-0.2, 0) is 12.8 Å². The molecule has 0 aliphatic carbocycles. The lowest BCUT2D eigenvalue weighted by Crippen LogP contribution is -1.88. The van der Waals surface area contributed by atoms with E-state index >= 15 is 0 Å². The third kappa shape index (κ3) is 6.63.